The third kappa shape index (κ3) is 5.88. The van der Waals surface area contributed by atoms with Gasteiger partial charge in [-0.25, -0.2) is 17.9 Å². The maximum absolute atomic E-state index is 12.3. The topological polar surface area (TPSA) is 111 Å². The molecule has 0 heterocycles. The minimum Gasteiger partial charge on any atom is -0.465 e. The van der Waals surface area contributed by atoms with E-state index in [-0.39, 0.29) is 36.1 Å². The van der Waals surface area contributed by atoms with Crippen LogP contribution in [0.15, 0.2) is 53.4 Å². The van der Waals surface area contributed by atoms with Gasteiger partial charge in [0.2, 0.25) is 10.0 Å². The highest BCUT2D eigenvalue weighted by atomic mass is 32.2. The van der Waals surface area contributed by atoms with Gasteiger partial charge in [-0.05, 0) is 35.9 Å². The van der Waals surface area contributed by atoms with Crippen molar-refractivity contribution in [3.8, 4) is 0 Å². The molecule has 8 nitrogen and oxygen atoms in total. The van der Waals surface area contributed by atoms with Gasteiger partial charge >= 0.3 is 5.97 Å². The van der Waals surface area contributed by atoms with E-state index in [2.05, 4.69) is 14.8 Å². The van der Waals surface area contributed by atoms with Crippen LogP contribution in [0, 0.1) is 0 Å². The molecule has 2 rings (SSSR count). The highest BCUT2D eigenvalue weighted by Crippen LogP contribution is 2.11. The fraction of sp³-hybridized carbons (Fsp3) is 0.263. The molecule has 0 radical (unpaired) electrons. The Balaban J connectivity index is 1.98. The van der Waals surface area contributed by atoms with Gasteiger partial charge in [0.1, 0.15) is 0 Å². The van der Waals surface area contributed by atoms with Crippen molar-refractivity contribution in [1.29, 1.82) is 0 Å². The summed E-state index contributed by atoms with van der Waals surface area (Å²) < 4.78 is 36.1. The highest BCUT2D eigenvalue weighted by molar-refractivity contribution is 7.89. The molecule has 0 aromatic heterocycles. The molecule has 0 saturated carbocycles. The number of hydrogen-bond donors (Lipinski definition) is 2. The van der Waals surface area contributed by atoms with Gasteiger partial charge in [-0.2, -0.15) is 0 Å². The first-order valence-electron chi connectivity index (χ1n) is 8.41. The third-order valence-corrected chi connectivity index (χ3v) is 5.31. The van der Waals surface area contributed by atoms with Gasteiger partial charge in [0.15, 0.2) is 0 Å². The molecule has 0 spiro atoms. The minimum atomic E-state index is -3.60. The molecule has 9 heteroatoms. The number of ether oxygens (including phenoxy) is 2. The summed E-state index contributed by atoms with van der Waals surface area (Å²) in [4.78, 5) is 24.0. The molecule has 0 bridgehead atoms. The SMILES string of the molecule is COCCNS(=O)(=O)c1ccc(CNC(=O)c2cccc(C(=O)OC)c2)cc1. The number of rotatable bonds is 9. The normalized spacial score (nSPS) is 11.1. The van der Waals surface area contributed by atoms with Crippen molar-refractivity contribution in [2.45, 2.75) is 11.4 Å². The van der Waals surface area contributed by atoms with Crippen molar-refractivity contribution in [3.05, 3.63) is 65.2 Å². The van der Waals surface area contributed by atoms with Crippen LogP contribution in [-0.2, 0) is 26.0 Å². The first kappa shape index (κ1) is 21.5. The van der Waals surface area contributed by atoms with Crippen molar-refractivity contribution < 1.29 is 27.5 Å². The maximum atomic E-state index is 12.3. The Morgan fingerprint density at radius 3 is 2.32 bits per heavy atom. The van der Waals surface area contributed by atoms with Crippen LogP contribution in [0.1, 0.15) is 26.3 Å². The largest absolute Gasteiger partial charge is 0.465 e. The van der Waals surface area contributed by atoms with Crippen LogP contribution in [0.3, 0.4) is 0 Å². The third-order valence-electron chi connectivity index (χ3n) is 3.83. The first-order valence-corrected chi connectivity index (χ1v) is 9.90. The molecule has 1 amide bonds. The van der Waals surface area contributed by atoms with Gasteiger partial charge in [-0.1, -0.05) is 18.2 Å². The molecule has 0 aliphatic heterocycles. The second kappa shape index (κ2) is 9.98. The van der Waals surface area contributed by atoms with E-state index in [4.69, 9.17) is 4.74 Å². The van der Waals surface area contributed by atoms with Crippen LogP contribution in [0.5, 0.6) is 0 Å². The summed E-state index contributed by atoms with van der Waals surface area (Å²) >= 11 is 0. The summed E-state index contributed by atoms with van der Waals surface area (Å²) in [7, 11) is -0.841. The van der Waals surface area contributed by atoms with Gasteiger partial charge in [0, 0.05) is 25.8 Å². The van der Waals surface area contributed by atoms with Crippen molar-refractivity contribution in [1.82, 2.24) is 10.0 Å². The molecule has 0 fully saturated rings. The van der Waals surface area contributed by atoms with E-state index < -0.39 is 16.0 Å². The van der Waals surface area contributed by atoms with Gasteiger partial charge in [0.25, 0.3) is 5.91 Å². The summed E-state index contributed by atoms with van der Waals surface area (Å²) in [6, 6.07) is 12.4. The molecule has 2 N–H and O–H groups in total. The molecule has 0 unspecified atom stereocenters. The molecule has 150 valence electrons. The van der Waals surface area contributed by atoms with E-state index in [0.717, 1.165) is 5.56 Å². The summed E-state index contributed by atoms with van der Waals surface area (Å²) in [5.41, 5.74) is 1.34. The Labute approximate surface area is 163 Å². The lowest BCUT2D eigenvalue weighted by molar-refractivity contribution is 0.0600. The molecule has 28 heavy (non-hydrogen) atoms. The van der Waals surface area contributed by atoms with Crippen molar-refractivity contribution in [2.24, 2.45) is 0 Å². The average Bonchev–Trinajstić information content (AvgIpc) is 2.72. The van der Waals surface area contributed by atoms with Gasteiger partial charge in [-0.3, -0.25) is 4.79 Å². The molecule has 0 atom stereocenters. The van der Waals surface area contributed by atoms with Crippen LogP contribution in [0.2, 0.25) is 0 Å². The van der Waals surface area contributed by atoms with Crippen molar-refractivity contribution in [3.63, 3.8) is 0 Å². The van der Waals surface area contributed by atoms with Crippen LogP contribution >= 0.6 is 0 Å². The average molecular weight is 406 g/mol. The fourth-order valence-corrected chi connectivity index (χ4v) is 3.35. The molecule has 2 aromatic rings. The van der Waals surface area contributed by atoms with Crippen LogP contribution in [-0.4, -0.2) is 47.7 Å². The number of carbonyl (C=O) groups is 2. The van der Waals surface area contributed by atoms with Crippen molar-refractivity contribution >= 4 is 21.9 Å². The van der Waals surface area contributed by atoms with Gasteiger partial charge in [0.05, 0.1) is 24.2 Å². The monoisotopic (exact) mass is 406 g/mol. The summed E-state index contributed by atoms with van der Waals surface area (Å²) in [6.45, 7) is 0.667. The first-order chi connectivity index (χ1) is 13.4. The lowest BCUT2D eigenvalue weighted by atomic mass is 10.1. The summed E-state index contributed by atoms with van der Waals surface area (Å²) in [5, 5.41) is 2.73. The van der Waals surface area contributed by atoms with Gasteiger partial charge in [-0.15, -0.1) is 0 Å². The zero-order valence-corrected chi connectivity index (χ0v) is 16.4. The lowest BCUT2D eigenvalue weighted by Gasteiger charge is -2.09. The van der Waals surface area contributed by atoms with E-state index in [1.54, 1.807) is 30.3 Å². The maximum Gasteiger partial charge on any atom is 0.337 e. The van der Waals surface area contributed by atoms with Crippen LogP contribution in [0.4, 0.5) is 0 Å². The second-order valence-corrected chi connectivity index (χ2v) is 7.56. The number of amides is 1. The van der Waals surface area contributed by atoms with E-state index in [1.807, 2.05) is 0 Å². The number of nitrogens with one attached hydrogen (secondary N) is 2. The number of hydrogen-bond acceptors (Lipinski definition) is 6. The molecule has 2 aromatic carbocycles. The Morgan fingerprint density at radius 1 is 1.00 bits per heavy atom. The zero-order chi connectivity index (χ0) is 20.6. The number of methoxy groups -OCH3 is 2. The van der Waals surface area contributed by atoms with E-state index in [9.17, 15) is 18.0 Å². The van der Waals surface area contributed by atoms with Crippen molar-refractivity contribution in [2.75, 3.05) is 27.4 Å². The molecule has 0 saturated heterocycles. The van der Waals surface area contributed by atoms with Crippen LogP contribution < -0.4 is 10.0 Å². The van der Waals surface area contributed by atoms with E-state index >= 15 is 0 Å². The Morgan fingerprint density at radius 2 is 1.68 bits per heavy atom. The predicted octanol–water partition coefficient (Wildman–Crippen LogP) is 1.33. The number of benzene rings is 2. The van der Waals surface area contributed by atoms with E-state index in [0.29, 0.717) is 5.56 Å². The predicted molar refractivity (Wildman–Crippen MR) is 102 cm³/mol. The Bertz CT molecular complexity index is 926. The standard InChI is InChI=1S/C19H22N2O6S/c1-26-11-10-21-28(24,25)17-8-6-14(7-9-17)13-20-18(22)15-4-3-5-16(12-15)19(23)27-2/h3-9,12,21H,10-11,13H2,1-2H3,(H,20,22). The van der Waals surface area contributed by atoms with E-state index in [1.165, 1.54) is 32.4 Å². The smallest absolute Gasteiger partial charge is 0.337 e. The Kier molecular flexibility index (Phi) is 7.68. The van der Waals surface area contributed by atoms with Crippen LogP contribution in [0.25, 0.3) is 0 Å². The summed E-state index contributed by atoms with van der Waals surface area (Å²) in [5.74, 6) is -0.880. The molecule has 0 aliphatic rings. The number of esters is 1. The molecular weight excluding hydrogens is 384 g/mol. The lowest BCUT2D eigenvalue weighted by Crippen LogP contribution is -2.27. The minimum absolute atomic E-state index is 0.129. The summed E-state index contributed by atoms with van der Waals surface area (Å²) in [6.07, 6.45) is 0. The molecule has 0 aliphatic carbocycles. The zero-order valence-electron chi connectivity index (χ0n) is 15.6. The highest BCUT2D eigenvalue weighted by Gasteiger charge is 2.14. The number of carbonyl (C=O) groups excluding carboxylic acids is 2. The second-order valence-electron chi connectivity index (χ2n) is 5.79. The quantitative estimate of drug-likeness (QED) is 0.480. The molecular formula is C19H22N2O6S. The van der Waals surface area contributed by atoms with Gasteiger partial charge < -0.3 is 14.8 Å². The fourth-order valence-electron chi connectivity index (χ4n) is 2.34. The number of sulfonamides is 1. The Hall–Kier alpha value is -2.75.